The molecule has 1 atom stereocenters. The molecule has 0 saturated carbocycles. The molecule has 0 heterocycles. The van der Waals surface area contributed by atoms with Gasteiger partial charge in [-0.05, 0) is 6.42 Å². The van der Waals surface area contributed by atoms with Gasteiger partial charge >= 0.3 is 11.9 Å². The average molecular weight is 373 g/mol. The minimum Gasteiger partial charge on any atom is -0.462 e. The molecule has 0 spiro atoms. The van der Waals surface area contributed by atoms with Gasteiger partial charge in [-0.2, -0.15) is 0 Å². The lowest BCUT2D eigenvalue weighted by atomic mass is 10.0. The summed E-state index contributed by atoms with van der Waals surface area (Å²) in [4.78, 5) is 22.4. The van der Waals surface area contributed by atoms with Gasteiger partial charge in [-0.1, -0.05) is 84.0 Å². The number of hydrogen-bond donors (Lipinski definition) is 1. The topological polar surface area (TPSA) is 72.8 Å². The molecule has 5 heteroatoms. The van der Waals surface area contributed by atoms with Crippen LogP contribution in [0.5, 0.6) is 0 Å². The lowest BCUT2D eigenvalue weighted by Crippen LogP contribution is -2.28. The van der Waals surface area contributed by atoms with Crippen LogP contribution in [0.1, 0.15) is 104 Å². The normalized spacial score (nSPS) is 12.0. The molecule has 0 radical (unpaired) electrons. The Morgan fingerprint density at radius 3 is 1.69 bits per heavy atom. The number of carbonyl (C=O) groups is 2. The van der Waals surface area contributed by atoms with E-state index in [0.29, 0.717) is 6.42 Å². The summed E-state index contributed by atoms with van der Waals surface area (Å²) in [5.74, 6) is -0.782. The Morgan fingerprint density at radius 2 is 1.27 bits per heavy atom. The van der Waals surface area contributed by atoms with E-state index in [-0.39, 0.29) is 19.2 Å². The zero-order valence-electron chi connectivity index (χ0n) is 17.0. The van der Waals surface area contributed by atoms with Crippen molar-refractivity contribution < 1.29 is 24.2 Å². The van der Waals surface area contributed by atoms with Gasteiger partial charge in [0.15, 0.2) is 6.10 Å². The molecule has 1 N–H and O–H groups in total. The molecule has 0 saturated heterocycles. The van der Waals surface area contributed by atoms with Gasteiger partial charge in [0, 0.05) is 13.3 Å². The van der Waals surface area contributed by atoms with Gasteiger partial charge in [-0.15, -0.1) is 0 Å². The van der Waals surface area contributed by atoms with Gasteiger partial charge in [0.2, 0.25) is 0 Å². The number of unbranched alkanes of at least 4 members (excludes halogenated alkanes) is 12. The van der Waals surface area contributed by atoms with E-state index >= 15 is 0 Å². The van der Waals surface area contributed by atoms with Gasteiger partial charge in [-0.3, -0.25) is 9.59 Å². The van der Waals surface area contributed by atoms with E-state index in [1.807, 2.05) is 0 Å². The van der Waals surface area contributed by atoms with Crippen LogP contribution >= 0.6 is 0 Å². The van der Waals surface area contributed by atoms with E-state index in [2.05, 4.69) is 6.92 Å². The SMILES string of the molecule is CCCCCCCCCCCCCCCC(=O)O[C@H](CO)COC(C)=O. The Hall–Kier alpha value is -1.10. The van der Waals surface area contributed by atoms with Gasteiger partial charge in [0.25, 0.3) is 0 Å². The standard InChI is InChI=1S/C21H40O5/c1-3-4-5-6-7-8-9-10-11-12-13-14-15-16-21(24)26-20(17-22)18-25-19(2)23/h20,22H,3-18H2,1-2H3/t20-/m1/s1. The van der Waals surface area contributed by atoms with Crippen LogP contribution in [0.15, 0.2) is 0 Å². The molecule has 0 bridgehead atoms. The van der Waals surface area contributed by atoms with Crippen LogP contribution in [-0.2, 0) is 19.1 Å². The third-order valence-electron chi connectivity index (χ3n) is 4.46. The molecule has 0 aliphatic carbocycles. The van der Waals surface area contributed by atoms with Crippen molar-refractivity contribution in [3.8, 4) is 0 Å². The molecule has 0 aliphatic heterocycles. The first-order valence-electron chi connectivity index (χ1n) is 10.5. The summed E-state index contributed by atoms with van der Waals surface area (Å²) in [6, 6.07) is 0. The predicted octanol–water partition coefficient (Wildman–Crippen LogP) is 4.93. The van der Waals surface area contributed by atoms with E-state index in [4.69, 9.17) is 14.6 Å². The quantitative estimate of drug-likeness (QED) is 0.273. The van der Waals surface area contributed by atoms with Gasteiger partial charge in [-0.25, -0.2) is 0 Å². The van der Waals surface area contributed by atoms with Gasteiger partial charge < -0.3 is 14.6 Å². The molecule has 5 nitrogen and oxygen atoms in total. The Balaban J connectivity index is 3.38. The third kappa shape index (κ3) is 17.7. The first-order chi connectivity index (χ1) is 12.6. The van der Waals surface area contributed by atoms with E-state index in [9.17, 15) is 9.59 Å². The summed E-state index contributed by atoms with van der Waals surface area (Å²) in [6.45, 7) is 3.11. The van der Waals surface area contributed by atoms with Gasteiger partial charge in [0.1, 0.15) is 6.61 Å². The highest BCUT2D eigenvalue weighted by Gasteiger charge is 2.14. The summed E-state index contributed by atoms with van der Waals surface area (Å²) in [6.07, 6.45) is 16.0. The molecule has 0 rings (SSSR count). The average Bonchev–Trinajstić information content (AvgIpc) is 2.62. The zero-order chi connectivity index (χ0) is 19.5. The molecule has 0 unspecified atom stereocenters. The van der Waals surface area contributed by atoms with Crippen molar-refractivity contribution in [2.75, 3.05) is 13.2 Å². The van der Waals surface area contributed by atoms with Crippen LogP contribution in [-0.4, -0.2) is 36.4 Å². The van der Waals surface area contributed by atoms with Crippen molar-refractivity contribution in [3.63, 3.8) is 0 Å². The maximum absolute atomic E-state index is 11.7. The summed E-state index contributed by atoms with van der Waals surface area (Å²) in [7, 11) is 0. The minimum atomic E-state index is -0.756. The fraction of sp³-hybridized carbons (Fsp3) is 0.905. The monoisotopic (exact) mass is 372 g/mol. The van der Waals surface area contributed by atoms with E-state index in [1.54, 1.807) is 0 Å². The van der Waals surface area contributed by atoms with Crippen LogP contribution in [0.2, 0.25) is 0 Å². The van der Waals surface area contributed by atoms with Crippen molar-refractivity contribution >= 4 is 11.9 Å². The summed E-state index contributed by atoms with van der Waals surface area (Å²) in [5, 5.41) is 9.10. The Labute approximate surface area is 159 Å². The first kappa shape index (κ1) is 24.9. The van der Waals surface area contributed by atoms with Crippen molar-refractivity contribution in [1.29, 1.82) is 0 Å². The van der Waals surface area contributed by atoms with E-state index in [1.165, 1.54) is 71.1 Å². The Kier molecular flexibility index (Phi) is 17.9. The fourth-order valence-corrected chi connectivity index (χ4v) is 2.87. The zero-order valence-corrected chi connectivity index (χ0v) is 17.0. The predicted molar refractivity (Wildman–Crippen MR) is 104 cm³/mol. The van der Waals surface area contributed by atoms with Crippen molar-refractivity contribution in [2.24, 2.45) is 0 Å². The number of rotatable bonds is 18. The highest BCUT2D eigenvalue weighted by atomic mass is 16.6. The van der Waals surface area contributed by atoms with Crippen molar-refractivity contribution in [3.05, 3.63) is 0 Å². The highest BCUT2D eigenvalue weighted by molar-refractivity contribution is 5.69. The second-order valence-corrected chi connectivity index (χ2v) is 7.09. The summed E-state index contributed by atoms with van der Waals surface area (Å²) in [5.41, 5.74) is 0. The van der Waals surface area contributed by atoms with Crippen LogP contribution in [0.3, 0.4) is 0 Å². The van der Waals surface area contributed by atoms with Crippen molar-refractivity contribution in [2.45, 2.75) is 110 Å². The number of hydrogen-bond acceptors (Lipinski definition) is 5. The van der Waals surface area contributed by atoms with Crippen LogP contribution in [0, 0.1) is 0 Å². The second kappa shape index (κ2) is 18.7. The summed E-state index contributed by atoms with van der Waals surface area (Å²) < 4.78 is 9.83. The van der Waals surface area contributed by atoms with Crippen molar-refractivity contribution in [1.82, 2.24) is 0 Å². The van der Waals surface area contributed by atoms with Crippen LogP contribution in [0.25, 0.3) is 0 Å². The lowest BCUT2D eigenvalue weighted by molar-refractivity contribution is -0.160. The molecule has 0 aliphatic rings. The smallest absolute Gasteiger partial charge is 0.306 e. The minimum absolute atomic E-state index is 0.0871. The molecule has 154 valence electrons. The highest BCUT2D eigenvalue weighted by Crippen LogP contribution is 2.13. The molecular weight excluding hydrogens is 332 g/mol. The molecule has 0 aromatic carbocycles. The fourth-order valence-electron chi connectivity index (χ4n) is 2.87. The molecule has 0 fully saturated rings. The van der Waals surface area contributed by atoms with Crippen LogP contribution < -0.4 is 0 Å². The summed E-state index contributed by atoms with van der Waals surface area (Å²) >= 11 is 0. The number of esters is 2. The molecule has 26 heavy (non-hydrogen) atoms. The molecule has 0 aromatic rings. The van der Waals surface area contributed by atoms with E-state index in [0.717, 1.165) is 19.3 Å². The Bertz CT molecular complexity index is 343. The maximum atomic E-state index is 11.7. The number of ether oxygens (including phenoxy) is 2. The lowest BCUT2D eigenvalue weighted by Gasteiger charge is -2.15. The first-order valence-corrected chi connectivity index (χ1v) is 10.5. The molecular formula is C21H40O5. The second-order valence-electron chi connectivity index (χ2n) is 7.09. The number of aliphatic hydroxyl groups is 1. The number of aliphatic hydroxyl groups excluding tert-OH is 1. The number of carbonyl (C=O) groups excluding carboxylic acids is 2. The third-order valence-corrected chi connectivity index (χ3v) is 4.46. The largest absolute Gasteiger partial charge is 0.462 e. The van der Waals surface area contributed by atoms with Gasteiger partial charge in [0.05, 0.1) is 6.61 Å². The Morgan fingerprint density at radius 1 is 0.808 bits per heavy atom. The maximum Gasteiger partial charge on any atom is 0.306 e. The van der Waals surface area contributed by atoms with Crippen LogP contribution in [0.4, 0.5) is 0 Å². The molecule has 0 aromatic heterocycles. The van der Waals surface area contributed by atoms with E-state index < -0.39 is 12.1 Å². The molecule has 0 amide bonds.